The van der Waals surface area contributed by atoms with Crippen molar-refractivity contribution in [1.82, 2.24) is 3.71 Å². The standard InChI is InChI=1S/C13H23Cl4NO2S2/c1-9(2)22(19,20)18(21-13(16,17)12(14)15)11-6-4-5-10(3)7-8-11/h9-12H,4-8H2,1-3H3. The fraction of sp³-hybridized carbons (Fsp3) is 1.00. The maximum atomic E-state index is 12.7. The molecule has 1 rings (SSSR count). The summed E-state index contributed by atoms with van der Waals surface area (Å²) in [7, 11) is -3.53. The van der Waals surface area contributed by atoms with E-state index in [0.717, 1.165) is 44.1 Å². The molecule has 0 aliphatic heterocycles. The minimum Gasteiger partial charge on any atom is -0.211 e. The lowest BCUT2D eigenvalue weighted by molar-refractivity contribution is 0.406. The Hall–Kier alpha value is 1.42. The van der Waals surface area contributed by atoms with E-state index in [9.17, 15) is 8.42 Å². The van der Waals surface area contributed by atoms with Gasteiger partial charge in [-0.2, -0.15) is 0 Å². The third kappa shape index (κ3) is 5.75. The zero-order chi connectivity index (χ0) is 17.1. The van der Waals surface area contributed by atoms with E-state index >= 15 is 0 Å². The predicted molar refractivity (Wildman–Crippen MR) is 99.5 cm³/mol. The van der Waals surface area contributed by atoms with Gasteiger partial charge in [0.05, 0.1) is 5.25 Å². The Kier molecular flexibility index (Phi) is 8.47. The van der Waals surface area contributed by atoms with Crippen LogP contribution in [0.3, 0.4) is 0 Å². The fourth-order valence-electron chi connectivity index (χ4n) is 2.38. The molecule has 9 heteroatoms. The molecular formula is C13H23Cl4NO2S2. The first-order valence-corrected chi connectivity index (χ1v) is 11.3. The van der Waals surface area contributed by atoms with Crippen LogP contribution in [0, 0.1) is 5.92 Å². The quantitative estimate of drug-likeness (QED) is 0.313. The van der Waals surface area contributed by atoms with Crippen LogP contribution in [-0.4, -0.2) is 31.9 Å². The normalized spacial score (nSPS) is 25.0. The summed E-state index contributed by atoms with van der Waals surface area (Å²) in [6.45, 7) is 5.48. The second kappa shape index (κ2) is 8.68. The van der Waals surface area contributed by atoms with Gasteiger partial charge in [-0.3, -0.25) is 0 Å². The molecule has 1 saturated carbocycles. The Morgan fingerprint density at radius 2 is 1.73 bits per heavy atom. The number of alkyl halides is 4. The van der Waals surface area contributed by atoms with Gasteiger partial charge >= 0.3 is 0 Å². The van der Waals surface area contributed by atoms with Crippen molar-refractivity contribution in [2.45, 2.75) is 72.7 Å². The summed E-state index contributed by atoms with van der Waals surface area (Å²) in [4.78, 5) is -1.10. The van der Waals surface area contributed by atoms with Gasteiger partial charge in [-0.05, 0) is 51.0 Å². The van der Waals surface area contributed by atoms with Crippen molar-refractivity contribution < 1.29 is 8.42 Å². The Morgan fingerprint density at radius 1 is 1.14 bits per heavy atom. The summed E-state index contributed by atoms with van der Waals surface area (Å²) >= 11 is 24.7. The van der Waals surface area contributed by atoms with E-state index in [2.05, 4.69) is 6.92 Å². The molecule has 0 spiro atoms. The molecule has 3 nitrogen and oxygen atoms in total. The largest absolute Gasteiger partial charge is 0.226 e. The SMILES string of the molecule is CC1CCCC(N(SC(Cl)(Cl)C(Cl)Cl)S(=O)(=O)C(C)C)CC1. The van der Waals surface area contributed by atoms with Gasteiger partial charge in [-0.15, -0.1) is 26.9 Å². The van der Waals surface area contributed by atoms with Crippen molar-refractivity contribution in [2.75, 3.05) is 0 Å². The fourth-order valence-corrected chi connectivity index (χ4v) is 6.32. The van der Waals surface area contributed by atoms with Crippen molar-refractivity contribution in [2.24, 2.45) is 5.92 Å². The van der Waals surface area contributed by atoms with Crippen LogP contribution in [0.1, 0.15) is 52.9 Å². The summed E-state index contributed by atoms with van der Waals surface area (Å²) < 4.78 is 25.2. The van der Waals surface area contributed by atoms with Crippen molar-refractivity contribution in [3.8, 4) is 0 Å². The maximum Gasteiger partial charge on any atom is 0.226 e. The van der Waals surface area contributed by atoms with Crippen molar-refractivity contribution >= 4 is 68.4 Å². The summed E-state index contributed by atoms with van der Waals surface area (Å²) in [5, 5.41) is -0.561. The molecule has 1 fully saturated rings. The van der Waals surface area contributed by atoms with Gasteiger partial charge in [-0.1, -0.05) is 43.0 Å². The summed E-state index contributed by atoms with van der Waals surface area (Å²) in [6.07, 6.45) is 4.66. The molecule has 1 aliphatic rings. The molecule has 0 heterocycles. The van der Waals surface area contributed by atoms with Crippen LogP contribution in [0.5, 0.6) is 0 Å². The number of hydrogen-bond donors (Lipinski definition) is 0. The molecule has 0 bridgehead atoms. The number of hydrogen-bond acceptors (Lipinski definition) is 3. The Labute approximate surface area is 158 Å². The molecule has 2 unspecified atom stereocenters. The van der Waals surface area contributed by atoms with E-state index in [-0.39, 0.29) is 6.04 Å². The zero-order valence-corrected chi connectivity index (χ0v) is 17.6. The van der Waals surface area contributed by atoms with Gasteiger partial charge in [0, 0.05) is 6.04 Å². The Bertz CT molecular complexity index is 457. The summed E-state index contributed by atoms with van der Waals surface area (Å²) in [5.74, 6) is 0.601. The van der Waals surface area contributed by atoms with Crippen LogP contribution in [0.25, 0.3) is 0 Å². The van der Waals surface area contributed by atoms with Gasteiger partial charge in [0.15, 0.2) is 4.84 Å². The minimum atomic E-state index is -3.53. The van der Waals surface area contributed by atoms with Crippen molar-refractivity contribution in [3.63, 3.8) is 0 Å². The number of sulfonamides is 1. The highest BCUT2D eigenvalue weighted by atomic mass is 35.5. The summed E-state index contributed by atoms with van der Waals surface area (Å²) in [5.41, 5.74) is 0. The average Bonchev–Trinajstić information content (AvgIpc) is 2.60. The van der Waals surface area contributed by atoms with Crippen LogP contribution < -0.4 is 0 Å². The lowest BCUT2D eigenvalue weighted by atomic mass is 10.0. The van der Waals surface area contributed by atoms with Crippen molar-refractivity contribution in [1.29, 1.82) is 0 Å². The highest BCUT2D eigenvalue weighted by Gasteiger charge is 2.43. The van der Waals surface area contributed by atoms with Crippen LogP contribution in [0.15, 0.2) is 0 Å². The highest BCUT2D eigenvalue weighted by molar-refractivity contribution is 8.11. The van der Waals surface area contributed by atoms with Gasteiger partial charge in [-0.25, -0.2) is 8.42 Å². The highest BCUT2D eigenvalue weighted by Crippen LogP contribution is 2.47. The number of nitrogens with zero attached hydrogens (tertiary/aromatic N) is 1. The van der Waals surface area contributed by atoms with E-state index in [1.54, 1.807) is 13.8 Å². The second-order valence-electron chi connectivity index (χ2n) is 6.07. The molecule has 0 aromatic rings. The van der Waals surface area contributed by atoms with E-state index in [0.29, 0.717) is 5.92 Å². The molecule has 132 valence electrons. The lowest BCUT2D eigenvalue weighted by Gasteiger charge is -2.34. The first-order valence-electron chi connectivity index (χ1n) is 7.36. The molecule has 1 aliphatic carbocycles. The third-order valence-electron chi connectivity index (χ3n) is 3.84. The lowest BCUT2D eigenvalue weighted by Crippen LogP contribution is -2.42. The van der Waals surface area contributed by atoms with Gasteiger partial charge in [0.25, 0.3) is 0 Å². The smallest absolute Gasteiger partial charge is 0.211 e. The van der Waals surface area contributed by atoms with E-state index < -0.39 is 23.8 Å². The van der Waals surface area contributed by atoms with E-state index in [4.69, 9.17) is 46.4 Å². The third-order valence-corrected chi connectivity index (χ3v) is 9.84. The second-order valence-corrected chi connectivity index (χ2v) is 12.8. The molecule has 0 N–H and O–H groups in total. The number of rotatable bonds is 6. The molecule has 0 amide bonds. The minimum absolute atomic E-state index is 0.133. The molecule has 0 aromatic heterocycles. The van der Waals surface area contributed by atoms with Crippen LogP contribution >= 0.6 is 58.4 Å². The Balaban J connectivity index is 3.06. The van der Waals surface area contributed by atoms with Crippen LogP contribution in [0.2, 0.25) is 0 Å². The molecular weight excluding hydrogens is 408 g/mol. The number of halogens is 4. The topological polar surface area (TPSA) is 37.4 Å². The van der Waals surface area contributed by atoms with Gasteiger partial charge in [0.2, 0.25) is 13.7 Å². The first kappa shape index (κ1) is 21.5. The maximum absolute atomic E-state index is 12.7. The van der Waals surface area contributed by atoms with Crippen LogP contribution in [-0.2, 0) is 10.0 Å². The van der Waals surface area contributed by atoms with Gasteiger partial charge in [0.1, 0.15) is 0 Å². The molecule has 2 atom stereocenters. The molecule has 22 heavy (non-hydrogen) atoms. The Morgan fingerprint density at radius 3 is 2.23 bits per heavy atom. The van der Waals surface area contributed by atoms with Gasteiger partial charge < -0.3 is 0 Å². The molecule has 0 aromatic carbocycles. The monoisotopic (exact) mass is 429 g/mol. The van der Waals surface area contributed by atoms with E-state index in [1.165, 1.54) is 3.71 Å². The first-order chi connectivity index (χ1) is 9.98. The predicted octanol–water partition coefficient (Wildman–Crippen LogP) is 5.58. The molecule has 0 radical (unpaired) electrons. The van der Waals surface area contributed by atoms with E-state index in [1.807, 2.05) is 0 Å². The van der Waals surface area contributed by atoms with Crippen molar-refractivity contribution in [3.05, 3.63) is 0 Å². The average molecular weight is 431 g/mol. The van der Waals surface area contributed by atoms with Crippen LogP contribution in [0.4, 0.5) is 0 Å². The molecule has 0 saturated heterocycles. The zero-order valence-electron chi connectivity index (χ0n) is 12.9. The summed E-state index contributed by atoms with van der Waals surface area (Å²) in [6, 6.07) is -0.133.